The summed E-state index contributed by atoms with van der Waals surface area (Å²) in [5.41, 5.74) is 2.68. The Bertz CT molecular complexity index is 995. The van der Waals surface area contributed by atoms with E-state index < -0.39 is 0 Å². The van der Waals surface area contributed by atoms with E-state index in [9.17, 15) is 4.79 Å². The first-order chi connectivity index (χ1) is 13.6. The van der Waals surface area contributed by atoms with Crippen molar-refractivity contribution in [1.29, 1.82) is 0 Å². The fourth-order valence-corrected chi connectivity index (χ4v) is 2.89. The molecule has 3 rings (SSSR count). The van der Waals surface area contributed by atoms with Crippen molar-refractivity contribution in [1.82, 2.24) is 14.8 Å². The molecule has 0 bridgehead atoms. The van der Waals surface area contributed by atoms with Gasteiger partial charge in [-0.3, -0.25) is 14.5 Å². The first kappa shape index (κ1) is 19.8. The predicted octanol–water partition coefficient (Wildman–Crippen LogP) is 3.58. The Morgan fingerprint density at radius 2 is 2.00 bits per heavy atom. The lowest BCUT2D eigenvalue weighted by molar-refractivity contribution is -0.116. The van der Waals surface area contributed by atoms with Crippen LogP contribution in [0.5, 0.6) is 5.75 Å². The van der Waals surface area contributed by atoms with Crippen LogP contribution in [0.15, 0.2) is 48.5 Å². The third-order valence-electron chi connectivity index (χ3n) is 4.03. The monoisotopic (exact) mass is 398 g/mol. The maximum absolute atomic E-state index is 12.5. The highest BCUT2D eigenvalue weighted by Gasteiger charge is 2.13. The number of hydrogen-bond acceptors (Lipinski definition) is 5. The molecule has 7 nitrogen and oxygen atoms in total. The molecule has 0 aliphatic rings. The summed E-state index contributed by atoms with van der Waals surface area (Å²) in [4.78, 5) is 12.5. The molecule has 2 N–H and O–H groups in total. The van der Waals surface area contributed by atoms with Crippen molar-refractivity contribution in [2.45, 2.75) is 13.5 Å². The van der Waals surface area contributed by atoms with E-state index in [1.807, 2.05) is 31.2 Å². The van der Waals surface area contributed by atoms with Crippen LogP contribution in [0.3, 0.4) is 0 Å². The number of ether oxygens (including phenoxy) is 2. The molecule has 0 aliphatic heterocycles. The zero-order valence-corrected chi connectivity index (χ0v) is 16.6. The van der Waals surface area contributed by atoms with Gasteiger partial charge in [-0.1, -0.05) is 23.8 Å². The molecule has 0 spiro atoms. The summed E-state index contributed by atoms with van der Waals surface area (Å²) in [7, 11) is 1.62. The minimum atomic E-state index is -0.195. The van der Waals surface area contributed by atoms with Crippen LogP contribution >= 0.6 is 12.2 Å². The lowest BCUT2D eigenvalue weighted by Crippen LogP contribution is -2.19. The Labute approximate surface area is 168 Å². The number of H-pyrrole nitrogens is 1. The minimum Gasteiger partial charge on any atom is -0.491 e. The zero-order chi connectivity index (χ0) is 19.9. The normalized spacial score (nSPS) is 10.6. The highest BCUT2D eigenvalue weighted by Crippen LogP contribution is 2.19. The molecule has 0 unspecified atom stereocenters. The number of amides is 1. The molecule has 0 atom stereocenters. The summed E-state index contributed by atoms with van der Waals surface area (Å²) in [6.07, 6.45) is 0. The van der Waals surface area contributed by atoms with Gasteiger partial charge in [-0.15, -0.1) is 0 Å². The van der Waals surface area contributed by atoms with Gasteiger partial charge in [-0.2, -0.15) is 5.10 Å². The number of aromatic amines is 1. The molecular weight excluding hydrogens is 376 g/mol. The van der Waals surface area contributed by atoms with Crippen molar-refractivity contribution in [3.8, 4) is 17.1 Å². The number of carbonyl (C=O) groups is 1. The second-order valence-corrected chi connectivity index (χ2v) is 6.61. The molecule has 3 aromatic rings. The van der Waals surface area contributed by atoms with Gasteiger partial charge in [0.25, 0.3) is 0 Å². The molecule has 1 aromatic heterocycles. The van der Waals surface area contributed by atoms with Crippen LogP contribution in [0.1, 0.15) is 5.56 Å². The van der Waals surface area contributed by atoms with E-state index in [2.05, 4.69) is 15.5 Å². The summed E-state index contributed by atoms with van der Waals surface area (Å²) < 4.78 is 12.5. The van der Waals surface area contributed by atoms with Crippen molar-refractivity contribution < 1.29 is 14.3 Å². The van der Waals surface area contributed by atoms with E-state index in [1.165, 1.54) is 0 Å². The number of rotatable bonds is 8. The molecule has 0 saturated heterocycles. The van der Waals surface area contributed by atoms with Crippen LogP contribution in [0.2, 0.25) is 0 Å². The van der Waals surface area contributed by atoms with Gasteiger partial charge in [0, 0.05) is 18.4 Å². The minimum absolute atomic E-state index is 0.0602. The third-order valence-corrected chi connectivity index (χ3v) is 4.34. The third kappa shape index (κ3) is 5.05. The van der Waals surface area contributed by atoms with Crippen LogP contribution in [0.25, 0.3) is 11.4 Å². The fourth-order valence-electron chi connectivity index (χ4n) is 2.69. The average molecular weight is 398 g/mol. The molecule has 0 saturated carbocycles. The Kier molecular flexibility index (Phi) is 6.57. The van der Waals surface area contributed by atoms with E-state index in [4.69, 9.17) is 21.7 Å². The number of aromatic nitrogens is 3. The predicted molar refractivity (Wildman–Crippen MR) is 110 cm³/mol. The topological polar surface area (TPSA) is 81.2 Å². The Morgan fingerprint density at radius 3 is 2.71 bits per heavy atom. The van der Waals surface area contributed by atoms with Gasteiger partial charge in [0.1, 0.15) is 18.9 Å². The number of hydrogen-bond donors (Lipinski definition) is 2. The Balaban J connectivity index is 1.67. The number of anilines is 1. The summed E-state index contributed by atoms with van der Waals surface area (Å²) in [6.45, 7) is 3.06. The molecule has 8 heteroatoms. The molecule has 1 amide bonds. The zero-order valence-electron chi connectivity index (χ0n) is 15.8. The van der Waals surface area contributed by atoms with Crippen molar-refractivity contribution in [3.05, 3.63) is 58.9 Å². The summed E-state index contributed by atoms with van der Waals surface area (Å²) >= 11 is 5.29. The smallest absolute Gasteiger partial charge is 0.244 e. The maximum atomic E-state index is 12.5. The number of benzene rings is 2. The van der Waals surface area contributed by atoms with E-state index in [0.29, 0.717) is 35.2 Å². The number of nitrogens with zero attached hydrogens (tertiary/aromatic N) is 2. The second kappa shape index (κ2) is 9.29. The van der Waals surface area contributed by atoms with Crippen molar-refractivity contribution >= 4 is 23.8 Å². The van der Waals surface area contributed by atoms with E-state index >= 15 is 0 Å². The second-order valence-electron chi connectivity index (χ2n) is 6.22. The standard InChI is InChI=1S/C20H22N4O3S/c1-14-4-3-5-15(12-14)19-22-23-20(28)24(19)13-18(25)21-16-6-8-17(9-7-16)27-11-10-26-2/h3-9,12H,10-11,13H2,1-2H3,(H,21,25)(H,23,28). The van der Waals surface area contributed by atoms with E-state index in [1.54, 1.807) is 35.9 Å². The van der Waals surface area contributed by atoms with E-state index in [-0.39, 0.29) is 12.5 Å². The molecule has 0 radical (unpaired) electrons. The SMILES string of the molecule is COCCOc1ccc(NC(=O)Cn2c(-c3cccc(C)c3)n[nH]c2=S)cc1. The summed E-state index contributed by atoms with van der Waals surface area (Å²) in [5, 5.41) is 9.90. The number of nitrogens with one attached hydrogen (secondary N) is 2. The van der Waals surface area contributed by atoms with Crippen LogP contribution in [-0.2, 0) is 16.1 Å². The van der Waals surface area contributed by atoms with Gasteiger partial charge in [0.15, 0.2) is 10.6 Å². The number of aryl methyl sites for hydroxylation is 1. The van der Waals surface area contributed by atoms with Gasteiger partial charge < -0.3 is 14.8 Å². The first-order valence-electron chi connectivity index (χ1n) is 8.80. The van der Waals surface area contributed by atoms with Crippen molar-refractivity contribution in [2.75, 3.05) is 25.6 Å². The lowest BCUT2D eigenvalue weighted by atomic mass is 10.1. The largest absolute Gasteiger partial charge is 0.491 e. The van der Waals surface area contributed by atoms with Crippen molar-refractivity contribution in [2.24, 2.45) is 0 Å². The van der Waals surface area contributed by atoms with Crippen LogP contribution in [0, 0.1) is 11.7 Å². The molecule has 146 valence electrons. The molecule has 2 aromatic carbocycles. The highest BCUT2D eigenvalue weighted by molar-refractivity contribution is 7.71. The quantitative estimate of drug-likeness (QED) is 0.448. The number of methoxy groups -OCH3 is 1. The van der Waals surface area contributed by atoms with Gasteiger partial charge in [0.05, 0.1) is 6.61 Å². The molecule has 0 fully saturated rings. The maximum Gasteiger partial charge on any atom is 0.244 e. The van der Waals surface area contributed by atoms with Crippen LogP contribution in [-0.4, -0.2) is 41.0 Å². The van der Waals surface area contributed by atoms with Crippen LogP contribution < -0.4 is 10.1 Å². The molecule has 1 heterocycles. The fraction of sp³-hybridized carbons (Fsp3) is 0.250. The Hall–Kier alpha value is -2.97. The van der Waals surface area contributed by atoms with Crippen LogP contribution in [0.4, 0.5) is 5.69 Å². The van der Waals surface area contributed by atoms with Gasteiger partial charge in [0.2, 0.25) is 5.91 Å². The highest BCUT2D eigenvalue weighted by atomic mass is 32.1. The molecular formula is C20H22N4O3S. The average Bonchev–Trinajstić information content (AvgIpc) is 3.04. The van der Waals surface area contributed by atoms with E-state index in [0.717, 1.165) is 11.1 Å². The number of carbonyl (C=O) groups excluding carboxylic acids is 1. The van der Waals surface area contributed by atoms with Gasteiger partial charge in [-0.05, 0) is 49.5 Å². The summed E-state index contributed by atoms with van der Waals surface area (Å²) in [5.74, 6) is 1.15. The van der Waals surface area contributed by atoms with Gasteiger partial charge in [-0.25, -0.2) is 0 Å². The molecule has 28 heavy (non-hydrogen) atoms. The lowest BCUT2D eigenvalue weighted by Gasteiger charge is -2.10. The first-order valence-corrected chi connectivity index (χ1v) is 9.21. The summed E-state index contributed by atoms with van der Waals surface area (Å²) in [6, 6.07) is 15.1. The van der Waals surface area contributed by atoms with Crippen molar-refractivity contribution in [3.63, 3.8) is 0 Å². The van der Waals surface area contributed by atoms with Gasteiger partial charge >= 0.3 is 0 Å². The Morgan fingerprint density at radius 1 is 1.21 bits per heavy atom. The molecule has 0 aliphatic carbocycles.